The lowest BCUT2D eigenvalue weighted by molar-refractivity contribution is 0.199. The number of benzene rings is 1. The minimum Gasteiger partial charge on any atom is -0.383 e. The molecule has 4 nitrogen and oxygen atoms in total. The lowest BCUT2D eigenvalue weighted by Crippen LogP contribution is -2.18. The van der Waals surface area contributed by atoms with Crippen molar-refractivity contribution < 1.29 is 4.74 Å². The number of nitrogens with one attached hydrogen (secondary N) is 1. The number of hydrogen-bond acceptors (Lipinski definition) is 3. The average molecular weight is 266 g/mol. The number of ether oxygens (including phenoxy) is 1. The molecule has 2 rings (SSSR count). The summed E-state index contributed by atoms with van der Waals surface area (Å²) in [6.45, 7) is 2.32. The molecule has 0 radical (unpaired) electrons. The molecule has 1 aromatic heterocycles. The van der Waals surface area contributed by atoms with Gasteiger partial charge in [0, 0.05) is 32.6 Å². The SMILES string of the molecule is COCCNCc1ccc(-n2ccnc2)c(Cl)c1. The van der Waals surface area contributed by atoms with Gasteiger partial charge in [-0.05, 0) is 17.7 Å². The highest BCUT2D eigenvalue weighted by Crippen LogP contribution is 2.21. The Morgan fingerprint density at radius 3 is 3.00 bits per heavy atom. The van der Waals surface area contributed by atoms with Crippen LogP contribution in [-0.4, -0.2) is 29.8 Å². The van der Waals surface area contributed by atoms with E-state index >= 15 is 0 Å². The number of methoxy groups -OCH3 is 1. The third-order valence-corrected chi connectivity index (χ3v) is 2.91. The van der Waals surface area contributed by atoms with Crippen LogP contribution in [0.4, 0.5) is 0 Å². The van der Waals surface area contributed by atoms with Gasteiger partial charge in [0.1, 0.15) is 0 Å². The first kappa shape index (κ1) is 13.1. The van der Waals surface area contributed by atoms with E-state index in [0.29, 0.717) is 6.61 Å². The topological polar surface area (TPSA) is 39.1 Å². The number of nitrogens with zero attached hydrogens (tertiary/aromatic N) is 2. The fourth-order valence-corrected chi connectivity index (χ4v) is 1.98. The Balaban J connectivity index is 2.01. The summed E-state index contributed by atoms with van der Waals surface area (Å²) in [5, 5.41) is 4.00. The van der Waals surface area contributed by atoms with Crippen molar-refractivity contribution in [3.8, 4) is 5.69 Å². The van der Waals surface area contributed by atoms with E-state index in [-0.39, 0.29) is 0 Å². The zero-order valence-corrected chi connectivity index (χ0v) is 11.0. The smallest absolute Gasteiger partial charge is 0.0992 e. The van der Waals surface area contributed by atoms with Crippen LogP contribution < -0.4 is 5.32 Å². The van der Waals surface area contributed by atoms with Gasteiger partial charge in [-0.15, -0.1) is 0 Å². The molecule has 18 heavy (non-hydrogen) atoms. The van der Waals surface area contributed by atoms with Crippen molar-refractivity contribution >= 4 is 11.6 Å². The first-order valence-electron chi connectivity index (χ1n) is 5.77. The van der Waals surface area contributed by atoms with Crippen LogP contribution in [0.3, 0.4) is 0 Å². The van der Waals surface area contributed by atoms with E-state index < -0.39 is 0 Å². The number of halogens is 1. The highest BCUT2D eigenvalue weighted by Gasteiger charge is 2.03. The largest absolute Gasteiger partial charge is 0.383 e. The van der Waals surface area contributed by atoms with Gasteiger partial charge in [0.05, 0.1) is 23.6 Å². The molecule has 0 spiro atoms. The first-order valence-corrected chi connectivity index (χ1v) is 6.15. The van der Waals surface area contributed by atoms with Gasteiger partial charge in [0.15, 0.2) is 0 Å². The van der Waals surface area contributed by atoms with Crippen LogP contribution in [0.1, 0.15) is 5.56 Å². The van der Waals surface area contributed by atoms with Gasteiger partial charge < -0.3 is 14.6 Å². The molecule has 0 unspecified atom stereocenters. The zero-order chi connectivity index (χ0) is 12.8. The molecule has 0 aliphatic rings. The van der Waals surface area contributed by atoms with Crippen molar-refractivity contribution in [3.05, 3.63) is 47.5 Å². The lowest BCUT2D eigenvalue weighted by Gasteiger charge is -2.08. The summed E-state index contributed by atoms with van der Waals surface area (Å²) in [6.07, 6.45) is 5.34. The number of imidazole rings is 1. The second kappa shape index (κ2) is 6.54. The van der Waals surface area contributed by atoms with E-state index in [4.69, 9.17) is 16.3 Å². The normalized spacial score (nSPS) is 10.8. The molecular formula is C13H16ClN3O. The molecule has 2 aromatic rings. The molecule has 96 valence electrons. The van der Waals surface area contributed by atoms with Crippen LogP contribution in [0.5, 0.6) is 0 Å². The molecule has 0 bridgehead atoms. The molecule has 0 saturated carbocycles. The standard InChI is InChI=1S/C13H16ClN3O/c1-18-7-5-15-9-11-2-3-13(12(14)8-11)17-6-4-16-10-17/h2-4,6,8,10,15H,5,7,9H2,1H3. The molecule has 5 heteroatoms. The van der Waals surface area contributed by atoms with Gasteiger partial charge in [-0.3, -0.25) is 0 Å². The van der Waals surface area contributed by atoms with Crippen molar-refractivity contribution in [1.29, 1.82) is 0 Å². The summed E-state index contributed by atoms with van der Waals surface area (Å²) >= 11 is 6.26. The summed E-state index contributed by atoms with van der Waals surface area (Å²) in [5.74, 6) is 0. The Labute approximate surface area is 112 Å². The van der Waals surface area contributed by atoms with Gasteiger partial charge in [0.2, 0.25) is 0 Å². The lowest BCUT2D eigenvalue weighted by atomic mass is 10.2. The second-order valence-electron chi connectivity index (χ2n) is 3.93. The molecule has 0 aliphatic carbocycles. The molecule has 0 amide bonds. The van der Waals surface area contributed by atoms with Crippen LogP contribution in [0.15, 0.2) is 36.9 Å². The Hall–Kier alpha value is -1.36. The molecule has 0 atom stereocenters. The monoisotopic (exact) mass is 265 g/mol. The molecule has 1 aromatic carbocycles. The third kappa shape index (κ3) is 3.32. The van der Waals surface area contributed by atoms with Crippen LogP contribution >= 0.6 is 11.6 Å². The van der Waals surface area contributed by atoms with Crippen LogP contribution in [0, 0.1) is 0 Å². The number of rotatable bonds is 6. The van der Waals surface area contributed by atoms with Gasteiger partial charge >= 0.3 is 0 Å². The maximum Gasteiger partial charge on any atom is 0.0992 e. The van der Waals surface area contributed by atoms with E-state index in [1.54, 1.807) is 19.6 Å². The van der Waals surface area contributed by atoms with Crippen molar-refractivity contribution in [2.24, 2.45) is 0 Å². The summed E-state index contributed by atoms with van der Waals surface area (Å²) < 4.78 is 6.87. The Kier molecular flexibility index (Phi) is 4.75. The Morgan fingerprint density at radius 2 is 2.33 bits per heavy atom. The summed E-state index contributed by atoms with van der Waals surface area (Å²) in [6, 6.07) is 6.02. The maximum atomic E-state index is 6.26. The minimum atomic E-state index is 0.709. The molecule has 1 N–H and O–H groups in total. The van der Waals surface area contributed by atoms with Gasteiger partial charge in [-0.2, -0.15) is 0 Å². The predicted molar refractivity (Wildman–Crippen MR) is 72.2 cm³/mol. The summed E-state index contributed by atoms with van der Waals surface area (Å²) in [4.78, 5) is 4.01. The van der Waals surface area contributed by atoms with Gasteiger partial charge in [-0.25, -0.2) is 4.98 Å². The maximum absolute atomic E-state index is 6.26. The van der Waals surface area contributed by atoms with Crippen molar-refractivity contribution in [2.75, 3.05) is 20.3 Å². The first-order chi connectivity index (χ1) is 8.81. The van der Waals surface area contributed by atoms with E-state index in [1.165, 1.54) is 0 Å². The summed E-state index contributed by atoms with van der Waals surface area (Å²) in [7, 11) is 1.69. The molecular weight excluding hydrogens is 250 g/mol. The van der Waals surface area contributed by atoms with E-state index in [2.05, 4.69) is 16.4 Å². The number of hydrogen-bond donors (Lipinski definition) is 1. The van der Waals surface area contributed by atoms with Crippen molar-refractivity contribution in [1.82, 2.24) is 14.9 Å². The second-order valence-corrected chi connectivity index (χ2v) is 4.33. The van der Waals surface area contributed by atoms with E-state index in [1.807, 2.05) is 22.9 Å². The average Bonchev–Trinajstić information content (AvgIpc) is 2.88. The van der Waals surface area contributed by atoms with Crippen molar-refractivity contribution in [3.63, 3.8) is 0 Å². The van der Waals surface area contributed by atoms with Crippen LogP contribution in [0.2, 0.25) is 5.02 Å². The minimum absolute atomic E-state index is 0.709. The van der Waals surface area contributed by atoms with Crippen LogP contribution in [0.25, 0.3) is 5.69 Å². The van der Waals surface area contributed by atoms with E-state index in [0.717, 1.165) is 29.4 Å². The molecule has 1 heterocycles. The summed E-state index contributed by atoms with van der Waals surface area (Å²) in [5.41, 5.74) is 2.09. The fraction of sp³-hybridized carbons (Fsp3) is 0.308. The molecule has 0 aliphatic heterocycles. The highest BCUT2D eigenvalue weighted by molar-refractivity contribution is 6.32. The highest BCUT2D eigenvalue weighted by atomic mass is 35.5. The quantitative estimate of drug-likeness (QED) is 0.815. The Morgan fingerprint density at radius 1 is 1.44 bits per heavy atom. The van der Waals surface area contributed by atoms with E-state index in [9.17, 15) is 0 Å². The fourth-order valence-electron chi connectivity index (χ4n) is 1.68. The van der Waals surface area contributed by atoms with Gasteiger partial charge in [-0.1, -0.05) is 17.7 Å². The van der Waals surface area contributed by atoms with Crippen molar-refractivity contribution in [2.45, 2.75) is 6.54 Å². The zero-order valence-electron chi connectivity index (χ0n) is 10.3. The van der Waals surface area contributed by atoms with Crippen LogP contribution in [-0.2, 0) is 11.3 Å². The van der Waals surface area contributed by atoms with Gasteiger partial charge in [0.25, 0.3) is 0 Å². The Bertz CT molecular complexity index is 485. The molecule has 0 saturated heterocycles. The third-order valence-electron chi connectivity index (χ3n) is 2.61. The number of aromatic nitrogens is 2. The predicted octanol–water partition coefficient (Wildman–Crippen LogP) is 2.26. The molecule has 0 fully saturated rings.